The number of hydrogen-bond donors (Lipinski definition) is 1. The van der Waals surface area contributed by atoms with Gasteiger partial charge in [0.1, 0.15) is 12.4 Å². The minimum absolute atomic E-state index is 0.101. The first-order valence-electron chi connectivity index (χ1n) is 11.3. The minimum Gasteiger partial charge on any atom is -0.491 e. The van der Waals surface area contributed by atoms with Gasteiger partial charge in [-0.3, -0.25) is 0 Å². The van der Waals surface area contributed by atoms with Crippen LogP contribution in [0.15, 0.2) is 48.2 Å². The molecule has 170 valence electrons. The van der Waals surface area contributed by atoms with Gasteiger partial charge in [-0.15, -0.1) is 0 Å². The van der Waals surface area contributed by atoms with Gasteiger partial charge in [-0.05, 0) is 55.9 Å². The van der Waals surface area contributed by atoms with E-state index in [2.05, 4.69) is 28.5 Å². The molecular weight excluding hydrogens is 406 g/mol. The zero-order chi connectivity index (χ0) is 22.2. The molecule has 0 aliphatic carbocycles. The largest absolute Gasteiger partial charge is 0.491 e. The molecule has 1 N–H and O–H groups in total. The van der Waals surface area contributed by atoms with Gasteiger partial charge in [0.2, 0.25) is 5.88 Å². The Morgan fingerprint density at radius 1 is 1.25 bits per heavy atom. The van der Waals surface area contributed by atoms with Crippen molar-refractivity contribution in [1.29, 1.82) is 0 Å². The lowest BCUT2D eigenvalue weighted by atomic mass is 10.0. The summed E-state index contributed by atoms with van der Waals surface area (Å²) < 4.78 is 16.8. The van der Waals surface area contributed by atoms with E-state index < -0.39 is 0 Å². The van der Waals surface area contributed by atoms with Crippen LogP contribution in [0.1, 0.15) is 37.7 Å². The number of nitrogens with one attached hydrogen (secondary N) is 1. The molecule has 2 fully saturated rings. The average Bonchev–Trinajstić information content (AvgIpc) is 2.84. The van der Waals surface area contributed by atoms with E-state index >= 15 is 0 Å². The van der Waals surface area contributed by atoms with Gasteiger partial charge in [0.25, 0.3) is 0 Å². The van der Waals surface area contributed by atoms with Gasteiger partial charge >= 0.3 is 6.03 Å². The predicted octanol–water partition coefficient (Wildman–Crippen LogP) is 4.75. The molecular formula is C25H31N3O4. The van der Waals surface area contributed by atoms with E-state index in [9.17, 15) is 4.79 Å². The lowest BCUT2D eigenvalue weighted by Gasteiger charge is -2.28. The Balaban J connectivity index is 1.26. The molecule has 2 amide bonds. The van der Waals surface area contributed by atoms with E-state index in [0.29, 0.717) is 31.3 Å². The molecule has 2 saturated heterocycles. The summed E-state index contributed by atoms with van der Waals surface area (Å²) in [4.78, 5) is 18.5. The highest BCUT2D eigenvalue weighted by Crippen LogP contribution is 2.23. The standard InChI is InChI=1S/C25H31N3O4/c1-30-24-9-8-21(17-26-24)27-25(29)28-12-10-19(11-13-28)15-20-5-4-7-22(16-20)32-18-23-6-2-3-14-31-23/h4-5,7-9,15-17,23H,2-3,6,10-14,18H2,1H3,(H,27,29). The molecule has 4 rings (SSSR count). The van der Waals surface area contributed by atoms with Crippen LogP contribution < -0.4 is 14.8 Å². The summed E-state index contributed by atoms with van der Waals surface area (Å²) in [5.74, 6) is 1.39. The monoisotopic (exact) mass is 437 g/mol. The molecule has 3 heterocycles. The molecule has 32 heavy (non-hydrogen) atoms. The van der Waals surface area contributed by atoms with Crippen molar-refractivity contribution in [2.24, 2.45) is 0 Å². The highest BCUT2D eigenvalue weighted by molar-refractivity contribution is 5.89. The summed E-state index contributed by atoms with van der Waals surface area (Å²) in [5, 5.41) is 2.90. The Bertz CT molecular complexity index is 913. The Hall–Kier alpha value is -3.06. The number of ether oxygens (including phenoxy) is 3. The van der Waals surface area contributed by atoms with Crippen molar-refractivity contribution in [3.63, 3.8) is 0 Å². The second kappa shape index (κ2) is 11.0. The summed E-state index contributed by atoms with van der Waals surface area (Å²) in [5.41, 5.74) is 3.13. The maximum atomic E-state index is 12.5. The van der Waals surface area contributed by atoms with Gasteiger partial charge < -0.3 is 24.4 Å². The molecule has 0 saturated carbocycles. The minimum atomic E-state index is -0.101. The summed E-state index contributed by atoms with van der Waals surface area (Å²) in [6, 6.07) is 11.6. The molecule has 0 spiro atoms. The number of anilines is 1. The van der Waals surface area contributed by atoms with Crippen LogP contribution in [0.5, 0.6) is 11.6 Å². The first-order chi connectivity index (χ1) is 15.7. The topological polar surface area (TPSA) is 72.9 Å². The fraction of sp³-hybridized carbons (Fsp3) is 0.440. The van der Waals surface area contributed by atoms with Crippen molar-refractivity contribution < 1.29 is 19.0 Å². The smallest absolute Gasteiger partial charge is 0.321 e. The number of carbonyl (C=O) groups is 1. The van der Waals surface area contributed by atoms with Crippen molar-refractivity contribution in [2.45, 2.75) is 38.2 Å². The Morgan fingerprint density at radius 2 is 2.12 bits per heavy atom. The normalized spacial score (nSPS) is 18.7. The molecule has 2 aliphatic heterocycles. The van der Waals surface area contributed by atoms with Crippen LogP contribution >= 0.6 is 0 Å². The Morgan fingerprint density at radius 3 is 2.84 bits per heavy atom. The van der Waals surface area contributed by atoms with Crippen LogP contribution in [0, 0.1) is 0 Å². The number of nitrogens with zero attached hydrogens (tertiary/aromatic N) is 2. The van der Waals surface area contributed by atoms with E-state index in [1.165, 1.54) is 12.0 Å². The molecule has 7 nitrogen and oxygen atoms in total. The maximum Gasteiger partial charge on any atom is 0.321 e. The number of methoxy groups -OCH3 is 1. The van der Waals surface area contributed by atoms with Crippen LogP contribution in [-0.2, 0) is 4.74 Å². The second-order valence-electron chi connectivity index (χ2n) is 8.18. The number of rotatable bonds is 6. The van der Waals surface area contributed by atoms with E-state index in [4.69, 9.17) is 14.2 Å². The first kappa shape index (κ1) is 22.1. The SMILES string of the molecule is COc1ccc(NC(=O)N2CCC(=Cc3cccc(OCC4CCCCO4)c3)CC2)cn1. The highest BCUT2D eigenvalue weighted by Gasteiger charge is 2.19. The Labute approximate surface area is 189 Å². The molecule has 0 bridgehead atoms. The molecule has 1 aromatic heterocycles. The molecule has 1 unspecified atom stereocenters. The molecule has 7 heteroatoms. The van der Waals surface area contributed by atoms with Crippen molar-refractivity contribution in [2.75, 3.05) is 38.7 Å². The lowest BCUT2D eigenvalue weighted by Crippen LogP contribution is -2.39. The lowest BCUT2D eigenvalue weighted by molar-refractivity contribution is -0.0110. The Kier molecular flexibility index (Phi) is 7.61. The number of benzene rings is 1. The van der Waals surface area contributed by atoms with Gasteiger partial charge in [0, 0.05) is 25.8 Å². The van der Waals surface area contributed by atoms with Gasteiger partial charge in [0.05, 0.1) is 25.1 Å². The summed E-state index contributed by atoms with van der Waals surface area (Å²) >= 11 is 0. The molecule has 2 aromatic rings. The van der Waals surface area contributed by atoms with Crippen LogP contribution in [0.4, 0.5) is 10.5 Å². The van der Waals surface area contributed by atoms with E-state index in [0.717, 1.165) is 43.6 Å². The number of carbonyl (C=O) groups excluding carboxylic acids is 1. The number of piperidine rings is 1. The van der Waals surface area contributed by atoms with Crippen molar-refractivity contribution in [3.05, 3.63) is 53.7 Å². The third-order valence-corrected chi connectivity index (χ3v) is 5.83. The first-order valence-corrected chi connectivity index (χ1v) is 11.3. The van der Waals surface area contributed by atoms with E-state index in [1.54, 1.807) is 25.4 Å². The quantitative estimate of drug-likeness (QED) is 0.706. The number of pyridine rings is 1. The third kappa shape index (κ3) is 6.23. The summed E-state index contributed by atoms with van der Waals surface area (Å²) in [6.07, 6.45) is 9.17. The fourth-order valence-electron chi connectivity index (χ4n) is 3.98. The summed E-state index contributed by atoms with van der Waals surface area (Å²) in [7, 11) is 1.56. The van der Waals surface area contributed by atoms with Gasteiger partial charge in [-0.1, -0.05) is 23.8 Å². The molecule has 1 atom stereocenters. The maximum absolute atomic E-state index is 12.5. The van der Waals surface area contributed by atoms with Gasteiger partial charge in [-0.2, -0.15) is 0 Å². The van der Waals surface area contributed by atoms with Crippen LogP contribution in [0.3, 0.4) is 0 Å². The van der Waals surface area contributed by atoms with Crippen molar-refractivity contribution in [3.8, 4) is 11.6 Å². The second-order valence-corrected chi connectivity index (χ2v) is 8.18. The number of hydrogen-bond acceptors (Lipinski definition) is 5. The van der Waals surface area contributed by atoms with Gasteiger partial charge in [0.15, 0.2) is 0 Å². The third-order valence-electron chi connectivity index (χ3n) is 5.83. The van der Waals surface area contributed by atoms with Crippen LogP contribution in [0.25, 0.3) is 6.08 Å². The number of urea groups is 1. The average molecular weight is 438 g/mol. The zero-order valence-corrected chi connectivity index (χ0v) is 18.6. The van der Waals surface area contributed by atoms with Crippen molar-refractivity contribution >= 4 is 17.8 Å². The fourth-order valence-corrected chi connectivity index (χ4v) is 3.98. The zero-order valence-electron chi connectivity index (χ0n) is 18.6. The molecule has 2 aliphatic rings. The molecule has 1 aromatic carbocycles. The number of likely N-dealkylation sites (tertiary alicyclic amines) is 1. The molecule has 0 radical (unpaired) electrons. The highest BCUT2D eigenvalue weighted by atomic mass is 16.5. The van der Waals surface area contributed by atoms with Gasteiger partial charge in [-0.25, -0.2) is 9.78 Å². The number of aromatic nitrogens is 1. The number of amides is 2. The summed E-state index contributed by atoms with van der Waals surface area (Å²) in [6.45, 7) is 2.83. The van der Waals surface area contributed by atoms with E-state index in [-0.39, 0.29) is 12.1 Å². The van der Waals surface area contributed by atoms with Crippen molar-refractivity contribution in [1.82, 2.24) is 9.88 Å². The van der Waals surface area contributed by atoms with E-state index in [1.807, 2.05) is 17.0 Å². The van der Waals surface area contributed by atoms with Crippen LogP contribution in [0.2, 0.25) is 0 Å². The predicted molar refractivity (Wildman–Crippen MR) is 124 cm³/mol. The van der Waals surface area contributed by atoms with Crippen LogP contribution in [-0.4, -0.2) is 55.4 Å².